The molecule has 116 valence electrons. The van der Waals surface area contributed by atoms with Crippen LogP contribution in [0.4, 0.5) is 5.69 Å². The number of carbonyl (C=O) groups is 1. The number of hydrogen-bond acceptors (Lipinski definition) is 4. The number of hydrogen-bond donors (Lipinski definition) is 1. The molecule has 1 atom stereocenters. The second-order valence-electron chi connectivity index (χ2n) is 5.36. The zero-order valence-corrected chi connectivity index (χ0v) is 13.1. The number of anilines is 1. The van der Waals surface area contributed by atoms with Gasteiger partial charge in [-0.05, 0) is 37.7 Å². The van der Waals surface area contributed by atoms with Crippen molar-refractivity contribution in [2.45, 2.75) is 19.9 Å². The molecule has 1 aromatic carbocycles. The van der Waals surface area contributed by atoms with Crippen molar-refractivity contribution in [1.82, 2.24) is 9.80 Å². The molecule has 5 nitrogen and oxygen atoms in total. The number of nitrogens with zero attached hydrogens (tertiary/aromatic N) is 2. The van der Waals surface area contributed by atoms with E-state index < -0.39 is 0 Å². The van der Waals surface area contributed by atoms with Crippen molar-refractivity contribution in [3.8, 4) is 5.75 Å². The Kier molecular flexibility index (Phi) is 5.59. The predicted molar refractivity (Wildman–Crippen MR) is 84.8 cm³/mol. The van der Waals surface area contributed by atoms with E-state index in [2.05, 4.69) is 22.0 Å². The molecule has 1 heterocycles. The van der Waals surface area contributed by atoms with Crippen LogP contribution in [0.2, 0.25) is 0 Å². The average Bonchev–Trinajstić information content (AvgIpc) is 2.55. The topological polar surface area (TPSA) is 44.8 Å². The van der Waals surface area contributed by atoms with Gasteiger partial charge in [0.25, 0.3) is 0 Å². The van der Waals surface area contributed by atoms with Crippen LogP contribution in [0.3, 0.4) is 0 Å². The van der Waals surface area contributed by atoms with Crippen molar-refractivity contribution in [2.24, 2.45) is 0 Å². The van der Waals surface area contributed by atoms with Crippen molar-refractivity contribution in [3.63, 3.8) is 0 Å². The number of piperazine rings is 1. The fourth-order valence-corrected chi connectivity index (χ4v) is 2.55. The first-order chi connectivity index (χ1) is 10.1. The molecule has 0 aromatic heterocycles. The summed E-state index contributed by atoms with van der Waals surface area (Å²) in [6.07, 6.45) is 0. The van der Waals surface area contributed by atoms with Crippen molar-refractivity contribution in [1.29, 1.82) is 0 Å². The van der Waals surface area contributed by atoms with Gasteiger partial charge in [0.1, 0.15) is 5.75 Å². The van der Waals surface area contributed by atoms with Crippen molar-refractivity contribution >= 4 is 11.6 Å². The Bertz CT molecular complexity index is 453. The monoisotopic (exact) mass is 291 g/mol. The van der Waals surface area contributed by atoms with Crippen LogP contribution in [0.5, 0.6) is 5.75 Å². The maximum absolute atomic E-state index is 12.3. The number of likely N-dealkylation sites (N-methyl/N-ethyl adjacent to an activating group) is 1. The van der Waals surface area contributed by atoms with Gasteiger partial charge >= 0.3 is 0 Å². The molecule has 1 fully saturated rings. The van der Waals surface area contributed by atoms with Gasteiger partial charge in [-0.3, -0.25) is 9.69 Å². The van der Waals surface area contributed by atoms with E-state index in [4.69, 9.17) is 4.74 Å². The molecule has 0 aliphatic carbocycles. The van der Waals surface area contributed by atoms with Gasteiger partial charge < -0.3 is 15.0 Å². The van der Waals surface area contributed by atoms with Crippen molar-refractivity contribution in [3.05, 3.63) is 24.3 Å². The molecule has 0 radical (unpaired) electrons. The van der Waals surface area contributed by atoms with Gasteiger partial charge in [-0.2, -0.15) is 0 Å². The van der Waals surface area contributed by atoms with E-state index in [1.165, 1.54) is 0 Å². The van der Waals surface area contributed by atoms with Crippen LogP contribution < -0.4 is 10.1 Å². The second-order valence-corrected chi connectivity index (χ2v) is 5.36. The standard InChI is InChI=1S/C16H25N3O2/c1-4-18-9-11-19(12-10-18)13(2)16(20)17-14-5-7-15(21-3)8-6-14/h5-8,13H,4,9-12H2,1-3H3,(H,17,20)/t13-/m1/s1. The van der Waals surface area contributed by atoms with E-state index in [-0.39, 0.29) is 11.9 Å². The second kappa shape index (κ2) is 7.43. The van der Waals surface area contributed by atoms with Crippen LogP contribution in [0.1, 0.15) is 13.8 Å². The zero-order chi connectivity index (χ0) is 15.2. The van der Waals surface area contributed by atoms with Gasteiger partial charge in [0.15, 0.2) is 0 Å². The van der Waals surface area contributed by atoms with Crippen LogP contribution in [-0.4, -0.2) is 61.6 Å². The Hall–Kier alpha value is -1.59. The van der Waals surface area contributed by atoms with Gasteiger partial charge in [0.2, 0.25) is 5.91 Å². The minimum atomic E-state index is -0.105. The summed E-state index contributed by atoms with van der Waals surface area (Å²) < 4.78 is 5.11. The first-order valence-electron chi connectivity index (χ1n) is 7.55. The minimum absolute atomic E-state index is 0.0464. The van der Waals surface area contributed by atoms with E-state index in [1.807, 2.05) is 31.2 Å². The van der Waals surface area contributed by atoms with E-state index in [9.17, 15) is 4.79 Å². The molecule has 5 heteroatoms. The van der Waals surface area contributed by atoms with Gasteiger partial charge in [0, 0.05) is 31.9 Å². The fraction of sp³-hybridized carbons (Fsp3) is 0.562. The number of nitrogens with one attached hydrogen (secondary N) is 1. The molecule has 0 saturated carbocycles. The summed E-state index contributed by atoms with van der Waals surface area (Å²) in [6.45, 7) is 9.21. The van der Waals surface area contributed by atoms with Crippen LogP contribution in [0, 0.1) is 0 Å². The fourth-order valence-electron chi connectivity index (χ4n) is 2.55. The zero-order valence-electron chi connectivity index (χ0n) is 13.1. The smallest absolute Gasteiger partial charge is 0.241 e. The highest BCUT2D eigenvalue weighted by molar-refractivity contribution is 5.94. The lowest BCUT2D eigenvalue weighted by Gasteiger charge is -2.36. The number of carbonyl (C=O) groups excluding carboxylic acids is 1. The highest BCUT2D eigenvalue weighted by Gasteiger charge is 2.24. The third kappa shape index (κ3) is 4.19. The van der Waals surface area contributed by atoms with E-state index in [0.29, 0.717) is 0 Å². The number of rotatable bonds is 5. The molecule has 0 bridgehead atoms. The number of methoxy groups -OCH3 is 1. The summed E-state index contributed by atoms with van der Waals surface area (Å²) >= 11 is 0. The third-order valence-corrected chi connectivity index (χ3v) is 4.14. The molecule has 2 rings (SSSR count). The number of benzene rings is 1. The molecule has 1 N–H and O–H groups in total. The molecule has 0 spiro atoms. The van der Waals surface area contributed by atoms with Gasteiger partial charge in [-0.25, -0.2) is 0 Å². The average molecular weight is 291 g/mol. The summed E-state index contributed by atoms with van der Waals surface area (Å²) in [5, 5.41) is 2.97. The highest BCUT2D eigenvalue weighted by Crippen LogP contribution is 2.16. The molecule has 1 aliphatic rings. The summed E-state index contributed by atoms with van der Waals surface area (Å²) in [4.78, 5) is 17.0. The van der Waals surface area contributed by atoms with Crippen LogP contribution in [0.15, 0.2) is 24.3 Å². The quantitative estimate of drug-likeness (QED) is 0.896. The largest absolute Gasteiger partial charge is 0.497 e. The normalized spacial score (nSPS) is 18.2. The minimum Gasteiger partial charge on any atom is -0.497 e. The molecule has 1 aromatic rings. The van der Waals surface area contributed by atoms with Crippen molar-refractivity contribution < 1.29 is 9.53 Å². The molecule has 0 unspecified atom stereocenters. The van der Waals surface area contributed by atoms with Crippen LogP contribution in [-0.2, 0) is 4.79 Å². The summed E-state index contributed by atoms with van der Waals surface area (Å²) in [7, 11) is 1.63. The Morgan fingerprint density at radius 3 is 2.38 bits per heavy atom. The predicted octanol–water partition coefficient (Wildman–Crippen LogP) is 1.66. The highest BCUT2D eigenvalue weighted by atomic mass is 16.5. The third-order valence-electron chi connectivity index (χ3n) is 4.14. The SMILES string of the molecule is CCN1CCN([C@H](C)C(=O)Nc2ccc(OC)cc2)CC1. The summed E-state index contributed by atoms with van der Waals surface area (Å²) in [5.74, 6) is 0.835. The van der Waals surface area contributed by atoms with E-state index in [0.717, 1.165) is 44.2 Å². The molecular formula is C16H25N3O2. The lowest BCUT2D eigenvalue weighted by Crippen LogP contribution is -2.52. The lowest BCUT2D eigenvalue weighted by molar-refractivity contribution is -0.121. The van der Waals surface area contributed by atoms with Gasteiger partial charge in [0.05, 0.1) is 13.2 Å². The Morgan fingerprint density at radius 1 is 1.24 bits per heavy atom. The Balaban J connectivity index is 1.87. The lowest BCUT2D eigenvalue weighted by atomic mass is 10.2. The number of ether oxygens (including phenoxy) is 1. The summed E-state index contributed by atoms with van der Waals surface area (Å²) in [6, 6.07) is 7.31. The number of amides is 1. The van der Waals surface area contributed by atoms with E-state index in [1.54, 1.807) is 7.11 Å². The first-order valence-corrected chi connectivity index (χ1v) is 7.55. The van der Waals surface area contributed by atoms with Crippen LogP contribution in [0.25, 0.3) is 0 Å². The molecule has 1 amide bonds. The summed E-state index contributed by atoms with van der Waals surface area (Å²) in [5.41, 5.74) is 0.805. The van der Waals surface area contributed by atoms with Crippen molar-refractivity contribution in [2.75, 3.05) is 45.2 Å². The Morgan fingerprint density at radius 2 is 1.86 bits per heavy atom. The van der Waals surface area contributed by atoms with Gasteiger partial charge in [-0.15, -0.1) is 0 Å². The Labute approximate surface area is 126 Å². The molecular weight excluding hydrogens is 266 g/mol. The van der Waals surface area contributed by atoms with Crippen LogP contribution >= 0.6 is 0 Å². The molecule has 21 heavy (non-hydrogen) atoms. The molecule has 1 saturated heterocycles. The maximum Gasteiger partial charge on any atom is 0.241 e. The first kappa shape index (κ1) is 15.8. The van der Waals surface area contributed by atoms with E-state index >= 15 is 0 Å². The molecule has 1 aliphatic heterocycles. The maximum atomic E-state index is 12.3. The van der Waals surface area contributed by atoms with Gasteiger partial charge in [-0.1, -0.05) is 6.92 Å².